The van der Waals surface area contributed by atoms with Gasteiger partial charge in [-0.15, -0.1) is 0 Å². The van der Waals surface area contributed by atoms with Gasteiger partial charge in [-0.2, -0.15) is 10.6 Å². The summed E-state index contributed by atoms with van der Waals surface area (Å²) in [7, 11) is -6.43. The number of pyridine rings is 2. The second-order valence-electron chi connectivity index (χ2n) is 7.13. The van der Waals surface area contributed by atoms with Gasteiger partial charge in [0.1, 0.15) is 10.5 Å². The Labute approximate surface area is 173 Å². The van der Waals surface area contributed by atoms with E-state index >= 15 is 0 Å². The summed E-state index contributed by atoms with van der Waals surface area (Å²) in [6.07, 6.45) is 0.706. The van der Waals surface area contributed by atoms with Crippen LogP contribution in [0.25, 0.3) is 22.3 Å². The van der Waals surface area contributed by atoms with Gasteiger partial charge in [-0.25, -0.2) is 26.9 Å². The van der Waals surface area contributed by atoms with Gasteiger partial charge >= 0.3 is 0 Å². The Bertz CT molecular complexity index is 1160. The molecule has 0 amide bonds. The van der Waals surface area contributed by atoms with E-state index in [0.29, 0.717) is 35.1 Å². The van der Waals surface area contributed by atoms with Crippen molar-refractivity contribution < 1.29 is 26.3 Å². The fourth-order valence-corrected chi connectivity index (χ4v) is 6.18. The second-order valence-corrected chi connectivity index (χ2v) is 11.3. The van der Waals surface area contributed by atoms with E-state index in [1.165, 1.54) is 30.6 Å². The molecule has 162 valence electrons. The van der Waals surface area contributed by atoms with Crippen LogP contribution in [-0.2, 0) is 10.0 Å². The topological polar surface area (TPSA) is 128 Å². The maximum absolute atomic E-state index is 13.0. The molecule has 30 heavy (non-hydrogen) atoms. The predicted molar refractivity (Wildman–Crippen MR) is 110 cm³/mol. The fourth-order valence-electron chi connectivity index (χ4n) is 3.40. The molecule has 0 atom stereocenters. The summed E-state index contributed by atoms with van der Waals surface area (Å²) >= 11 is 0. The molecule has 0 unspecified atom stereocenters. The van der Waals surface area contributed by atoms with Crippen LogP contribution < -0.4 is 4.72 Å². The molecule has 1 aliphatic rings. The van der Waals surface area contributed by atoms with Crippen molar-refractivity contribution in [3.05, 3.63) is 42.4 Å². The van der Waals surface area contributed by atoms with Gasteiger partial charge in [0, 0.05) is 40.9 Å². The quantitative estimate of drug-likeness (QED) is 0.461. The van der Waals surface area contributed by atoms with Crippen LogP contribution in [0.5, 0.6) is 0 Å². The van der Waals surface area contributed by atoms with Crippen LogP contribution >= 0.6 is 10.6 Å². The van der Waals surface area contributed by atoms with Crippen molar-refractivity contribution in [1.82, 2.24) is 19.7 Å². The Balaban J connectivity index is 1.56. The molecule has 1 aliphatic heterocycles. The third kappa shape index (κ3) is 4.32. The monoisotopic (exact) mass is 458 g/mol. The van der Waals surface area contributed by atoms with E-state index in [-0.39, 0.29) is 28.1 Å². The average molecular weight is 459 g/mol. The third-order valence-electron chi connectivity index (χ3n) is 5.02. The second kappa shape index (κ2) is 7.85. The highest BCUT2D eigenvalue weighted by Gasteiger charge is 2.28. The van der Waals surface area contributed by atoms with Gasteiger partial charge in [-0.3, -0.25) is 14.1 Å². The molecular formula is C18H20F2N4O4S2. The lowest BCUT2D eigenvalue weighted by atomic mass is 10.1. The van der Waals surface area contributed by atoms with Crippen molar-refractivity contribution in [2.45, 2.75) is 30.2 Å². The minimum absolute atomic E-state index is 0.0314. The molecule has 3 aromatic heterocycles. The number of hydrogen-bond donors (Lipinski definition) is 4. The van der Waals surface area contributed by atoms with E-state index < -0.39 is 27.0 Å². The average Bonchev–Trinajstić information content (AvgIpc) is 3.14. The summed E-state index contributed by atoms with van der Waals surface area (Å²) in [4.78, 5) is 10.8. The van der Waals surface area contributed by atoms with Crippen LogP contribution in [0.3, 0.4) is 0 Å². The Morgan fingerprint density at radius 2 is 1.90 bits per heavy atom. The predicted octanol–water partition coefficient (Wildman–Crippen LogP) is 3.75. The Morgan fingerprint density at radius 1 is 1.17 bits per heavy atom. The Hall–Kier alpha value is -2.12. The zero-order valence-electron chi connectivity index (χ0n) is 15.6. The van der Waals surface area contributed by atoms with Crippen molar-refractivity contribution in [3.63, 3.8) is 0 Å². The van der Waals surface area contributed by atoms with Crippen LogP contribution in [0.1, 0.15) is 25.0 Å². The minimum atomic E-state index is -3.83. The van der Waals surface area contributed by atoms with Crippen molar-refractivity contribution in [2.75, 3.05) is 11.5 Å². The largest absolute Gasteiger partial charge is 0.338 e. The van der Waals surface area contributed by atoms with Crippen LogP contribution in [-0.4, -0.2) is 50.0 Å². The summed E-state index contributed by atoms with van der Waals surface area (Å²) in [6, 6.07) is 5.47. The van der Waals surface area contributed by atoms with Crippen LogP contribution in [0.4, 0.5) is 8.78 Å². The van der Waals surface area contributed by atoms with Gasteiger partial charge in [0.25, 0.3) is 6.43 Å². The number of alkyl halides is 2. The van der Waals surface area contributed by atoms with Gasteiger partial charge in [-0.05, 0) is 37.1 Å². The Kier molecular flexibility index (Phi) is 5.53. The number of nitrogens with one attached hydrogen (secondary N) is 2. The number of aromatic amines is 1. The summed E-state index contributed by atoms with van der Waals surface area (Å²) < 4.78 is 73.1. The molecule has 4 rings (SSSR count). The Morgan fingerprint density at radius 3 is 2.53 bits per heavy atom. The number of fused-ring (bicyclic) bond motifs is 1. The normalized spacial score (nSPS) is 18.7. The van der Waals surface area contributed by atoms with E-state index in [2.05, 4.69) is 19.7 Å². The summed E-state index contributed by atoms with van der Waals surface area (Å²) in [5.41, 5.74) is 1.02. The van der Waals surface area contributed by atoms with E-state index in [9.17, 15) is 26.3 Å². The molecule has 12 heteroatoms. The number of H-pyrrole nitrogens is 1. The number of nitrogens with zero attached hydrogens (tertiary/aromatic N) is 2. The first-order chi connectivity index (χ1) is 14.1. The molecule has 0 bridgehead atoms. The summed E-state index contributed by atoms with van der Waals surface area (Å²) in [5, 5.41) is 0.468. The first kappa shape index (κ1) is 21.1. The number of halogens is 2. The highest BCUT2D eigenvalue weighted by Crippen LogP contribution is 2.44. The van der Waals surface area contributed by atoms with Crippen LogP contribution in [0.2, 0.25) is 0 Å². The third-order valence-corrected chi connectivity index (χ3v) is 8.30. The minimum Gasteiger partial charge on any atom is -0.338 e. The van der Waals surface area contributed by atoms with Crippen molar-refractivity contribution in [2.24, 2.45) is 0 Å². The van der Waals surface area contributed by atoms with E-state index in [1.807, 2.05) is 0 Å². The molecule has 4 N–H and O–H groups in total. The smallest absolute Gasteiger partial charge is 0.278 e. The van der Waals surface area contributed by atoms with E-state index in [0.717, 1.165) is 0 Å². The highest BCUT2D eigenvalue weighted by molar-refractivity contribution is 8.24. The van der Waals surface area contributed by atoms with E-state index in [4.69, 9.17) is 0 Å². The summed E-state index contributed by atoms with van der Waals surface area (Å²) in [5.74, 6) is 0.347. The molecule has 0 aliphatic carbocycles. The number of sulfonamides is 1. The van der Waals surface area contributed by atoms with Gasteiger partial charge in [0.15, 0.2) is 0 Å². The van der Waals surface area contributed by atoms with Gasteiger partial charge in [-0.1, -0.05) is 0 Å². The SMILES string of the molecule is O=S(=O)(NC1CCS(O)(O)CC1)c1ccc(-c2ccnc3[nH]c(C(F)F)cc23)nc1. The van der Waals surface area contributed by atoms with Crippen molar-refractivity contribution >= 4 is 31.6 Å². The number of hydrogen-bond acceptors (Lipinski definition) is 6. The lowest BCUT2D eigenvalue weighted by Gasteiger charge is -2.39. The number of rotatable bonds is 5. The maximum Gasteiger partial charge on any atom is 0.278 e. The summed E-state index contributed by atoms with van der Waals surface area (Å²) in [6.45, 7) is 0. The van der Waals surface area contributed by atoms with Gasteiger partial charge < -0.3 is 4.98 Å². The molecule has 4 heterocycles. The molecule has 1 fully saturated rings. The first-order valence-electron chi connectivity index (χ1n) is 9.13. The molecule has 3 aromatic rings. The van der Waals surface area contributed by atoms with Crippen molar-refractivity contribution in [3.8, 4) is 11.3 Å². The molecule has 1 saturated heterocycles. The zero-order chi connectivity index (χ0) is 21.5. The molecule has 0 saturated carbocycles. The first-order valence-corrected chi connectivity index (χ1v) is 12.5. The molecule has 8 nitrogen and oxygen atoms in total. The standard InChI is InChI=1S/C18H20F2N4O4S2/c19-17(20)16-9-14-13(3-6-21-18(14)23-16)15-2-1-12(10-22-15)30(27,28)24-11-4-7-29(25,26)8-5-11/h1-3,6,9-11,17,24-26H,4-5,7-8H2,(H,21,23). The van der Waals surface area contributed by atoms with Gasteiger partial charge in [0.2, 0.25) is 10.0 Å². The molecular weight excluding hydrogens is 438 g/mol. The van der Waals surface area contributed by atoms with Gasteiger partial charge in [0.05, 0.1) is 11.4 Å². The number of aromatic nitrogens is 3. The zero-order valence-corrected chi connectivity index (χ0v) is 17.3. The lowest BCUT2D eigenvalue weighted by Crippen LogP contribution is -2.39. The molecule has 0 radical (unpaired) electrons. The maximum atomic E-state index is 13.0. The van der Waals surface area contributed by atoms with Crippen LogP contribution in [0, 0.1) is 0 Å². The highest BCUT2D eigenvalue weighted by atomic mass is 32.3. The van der Waals surface area contributed by atoms with Crippen LogP contribution in [0.15, 0.2) is 41.6 Å². The fraction of sp³-hybridized carbons (Fsp3) is 0.333. The van der Waals surface area contributed by atoms with E-state index in [1.54, 1.807) is 6.07 Å². The van der Waals surface area contributed by atoms with Crippen molar-refractivity contribution in [1.29, 1.82) is 0 Å². The molecule has 0 aromatic carbocycles. The lowest BCUT2D eigenvalue weighted by molar-refractivity contribution is 0.147. The molecule has 0 spiro atoms.